The van der Waals surface area contributed by atoms with Crippen molar-refractivity contribution in [3.05, 3.63) is 84.4 Å². The molecule has 112 valence electrons. The third-order valence-electron chi connectivity index (χ3n) is 3.67. The van der Waals surface area contributed by atoms with E-state index in [-0.39, 0.29) is 0 Å². The van der Waals surface area contributed by atoms with E-state index in [1.165, 1.54) is 6.33 Å². The second-order valence-corrected chi connectivity index (χ2v) is 5.64. The lowest BCUT2D eigenvalue weighted by molar-refractivity contribution is 0.0197. The molecule has 0 bridgehead atoms. The van der Waals surface area contributed by atoms with Crippen molar-refractivity contribution < 1.29 is 5.11 Å². The van der Waals surface area contributed by atoms with Crippen LogP contribution in [0.4, 0.5) is 0 Å². The number of aliphatic hydroxyl groups is 1. The molecule has 4 heteroatoms. The van der Waals surface area contributed by atoms with E-state index >= 15 is 0 Å². The molecule has 0 aliphatic heterocycles. The van der Waals surface area contributed by atoms with Gasteiger partial charge in [-0.25, -0.2) is 4.98 Å². The number of aromatic nitrogens is 3. The molecule has 22 heavy (non-hydrogen) atoms. The van der Waals surface area contributed by atoms with Crippen molar-refractivity contribution in [3.8, 4) is 0 Å². The highest BCUT2D eigenvalue weighted by Gasteiger charge is 2.28. The van der Waals surface area contributed by atoms with Crippen LogP contribution in [0.25, 0.3) is 0 Å². The highest BCUT2D eigenvalue weighted by molar-refractivity contribution is 5.21. The van der Waals surface area contributed by atoms with E-state index in [2.05, 4.69) is 10.1 Å². The summed E-state index contributed by atoms with van der Waals surface area (Å²) in [6.45, 7) is 0.413. The van der Waals surface area contributed by atoms with Crippen molar-refractivity contribution in [2.75, 3.05) is 0 Å². The number of rotatable bonds is 6. The summed E-state index contributed by atoms with van der Waals surface area (Å²) in [5.41, 5.74) is 1.32. The molecule has 0 saturated carbocycles. The standard InChI is InChI=1S/C18H19N3O/c22-18(13-21-15-19-14-20-21,11-16-7-3-1-4-8-16)12-17-9-5-2-6-10-17/h1-10,14-15,22H,11-13H2. The molecule has 1 heterocycles. The summed E-state index contributed by atoms with van der Waals surface area (Å²) in [7, 11) is 0. The van der Waals surface area contributed by atoms with Crippen LogP contribution >= 0.6 is 0 Å². The van der Waals surface area contributed by atoms with Crippen LogP contribution in [-0.2, 0) is 19.4 Å². The molecular weight excluding hydrogens is 274 g/mol. The van der Waals surface area contributed by atoms with Gasteiger partial charge in [-0.1, -0.05) is 60.7 Å². The Bertz CT molecular complexity index is 639. The van der Waals surface area contributed by atoms with Gasteiger partial charge in [0, 0.05) is 12.8 Å². The van der Waals surface area contributed by atoms with Gasteiger partial charge in [0.1, 0.15) is 12.7 Å². The molecule has 0 unspecified atom stereocenters. The van der Waals surface area contributed by atoms with E-state index in [1.54, 1.807) is 11.0 Å². The van der Waals surface area contributed by atoms with Gasteiger partial charge in [-0.15, -0.1) is 0 Å². The maximum Gasteiger partial charge on any atom is 0.137 e. The summed E-state index contributed by atoms with van der Waals surface area (Å²) in [4.78, 5) is 3.96. The Hall–Kier alpha value is -2.46. The third kappa shape index (κ3) is 3.80. The normalized spacial score (nSPS) is 11.5. The molecule has 1 aromatic heterocycles. The smallest absolute Gasteiger partial charge is 0.137 e. The van der Waals surface area contributed by atoms with Gasteiger partial charge in [-0.05, 0) is 11.1 Å². The van der Waals surface area contributed by atoms with Crippen LogP contribution in [0.2, 0.25) is 0 Å². The Kier molecular flexibility index (Phi) is 4.30. The van der Waals surface area contributed by atoms with Crippen LogP contribution in [0.5, 0.6) is 0 Å². The fraction of sp³-hybridized carbons (Fsp3) is 0.222. The van der Waals surface area contributed by atoms with Crippen LogP contribution in [0.1, 0.15) is 11.1 Å². The fourth-order valence-electron chi connectivity index (χ4n) is 2.74. The minimum absolute atomic E-state index is 0.413. The van der Waals surface area contributed by atoms with Crippen LogP contribution in [0.15, 0.2) is 73.3 Å². The van der Waals surface area contributed by atoms with Crippen molar-refractivity contribution >= 4 is 0 Å². The first kappa shape index (κ1) is 14.5. The van der Waals surface area contributed by atoms with Crippen molar-refractivity contribution in [3.63, 3.8) is 0 Å². The summed E-state index contributed by atoms with van der Waals surface area (Å²) >= 11 is 0. The zero-order chi connectivity index (χ0) is 15.3. The zero-order valence-electron chi connectivity index (χ0n) is 12.3. The van der Waals surface area contributed by atoms with Gasteiger partial charge in [0.2, 0.25) is 0 Å². The van der Waals surface area contributed by atoms with E-state index in [9.17, 15) is 5.11 Å². The minimum atomic E-state index is -0.906. The third-order valence-corrected chi connectivity index (χ3v) is 3.67. The van der Waals surface area contributed by atoms with Crippen molar-refractivity contribution in [2.45, 2.75) is 25.0 Å². The number of nitrogens with zero attached hydrogens (tertiary/aromatic N) is 3. The summed E-state index contributed by atoms with van der Waals surface area (Å²) < 4.78 is 1.69. The van der Waals surface area contributed by atoms with Crippen LogP contribution in [-0.4, -0.2) is 25.5 Å². The average Bonchev–Trinajstić information content (AvgIpc) is 3.01. The molecule has 0 atom stereocenters. The zero-order valence-corrected chi connectivity index (χ0v) is 12.3. The highest BCUT2D eigenvalue weighted by Crippen LogP contribution is 2.21. The van der Waals surface area contributed by atoms with Gasteiger partial charge >= 0.3 is 0 Å². The Morgan fingerprint density at radius 2 is 1.41 bits per heavy atom. The monoisotopic (exact) mass is 293 g/mol. The molecule has 1 N–H and O–H groups in total. The topological polar surface area (TPSA) is 50.9 Å². The van der Waals surface area contributed by atoms with Crippen LogP contribution in [0, 0.1) is 0 Å². The number of hydrogen-bond donors (Lipinski definition) is 1. The fourth-order valence-corrected chi connectivity index (χ4v) is 2.74. The van der Waals surface area contributed by atoms with Crippen LogP contribution < -0.4 is 0 Å². The Labute approximate surface area is 130 Å². The maximum absolute atomic E-state index is 11.2. The number of benzene rings is 2. The molecule has 0 aliphatic carbocycles. The Morgan fingerprint density at radius 1 is 0.864 bits per heavy atom. The SMILES string of the molecule is OC(Cc1ccccc1)(Cc1ccccc1)Cn1cncn1. The Morgan fingerprint density at radius 3 is 1.86 bits per heavy atom. The number of hydrogen-bond acceptors (Lipinski definition) is 3. The Balaban J connectivity index is 1.84. The molecule has 0 amide bonds. The lowest BCUT2D eigenvalue weighted by Gasteiger charge is -2.28. The van der Waals surface area contributed by atoms with E-state index in [0.717, 1.165) is 11.1 Å². The minimum Gasteiger partial charge on any atom is -0.387 e. The summed E-state index contributed by atoms with van der Waals surface area (Å²) in [5.74, 6) is 0. The molecular formula is C18H19N3O. The first-order valence-corrected chi connectivity index (χ1v) is 7.36. The van der Waals surface area contributed by atoms with Gasteiger partial charge in [-0.2, -0.15) is 5.10 Å². The maximum atomic E-state index is 11.2. The average molecular weight is 293 g/mol. The molecule has 0 aliphatic rings. The van der Waals surface area contributed by atoms with E-state index in [0.29, 0.717) is 19.4 Å². The first-order chi connectivity index (χ1) is 10.7. The summed E-state index contributed by atoms with van der Waals surface area (Å²) in [6.07, 6.45) is 4.28. The lowest BCUT2D eigenvalue weighted by atomic mass is 9.88. The molecule has 2 aromatic carbocycles. The molecule has 3 aromatic rings. The lowest BCUT2D eigenvalue weighted by Crippen LogP contribution is -2.39. The predicted octanol–water partition coefficient (Wildman–Crippen LogP) is 2.49. The molecule has 4 nitrogen and oxygen atoms in total. The van der Waals surface area contributed by atoms with Gasteiger partial charge in [0.05, 0.1) is 12.1 Å². The molecule has 0 spiro atoms. The summed E-state index contributed by atoms with van der Waals surface area (Å²) in [6, 6.07) is 20.1. The van der Waals surface area contributed by atoms with Gasteiger partial charge in [0.25, 0.3) is 0 Å². The van der Waals surface area contributed by atoms with E-state index in [1.807, 2.05) is 60.7 Å². The largest absolute Gasteiger partial charge is 0.387 e. The summed E-state index contributed by atoms with van der Waals surface area (Å²) in [5, 5.41) is 15.3. The van der Waals surface area contributed by atoms with Gasteiger partial charge < -0.3 is 5.11 Å². The van der Waals surface area contributed by atoms with Crippen molar-refractivity contribution in [2.24, 2.45) is 0 Å². The quantitative estimate of drug-likeness (QED) is 0.759. The molecule has 0 saturated heterocycles. The molecule has 0 fully saturated rings. The van der Waals surface area contributed by atoms with Crippen LogP contribution in [0.3, 0.4) is 0 Å². The second kappa shape index (κ2) is 6.54. The molecule has 3 rings (SSSR count). The first-order valence-electron chi connectivity index (χ1n) is 7.36. The molecule has 0 radical (unpaired) electrons. The van der Waals surface area contributed by atoms with E-state index < -0.39 is 5.60 Å². The second-order valence-electron chi connectivity index (χ2n) is 5.64. The van der Waals surface area contributed by atoms with Gasteiger partial charge in [0.15, 0.2) is 0 Å². The highest BCUT2D eigenvalue weighted by atomic mass is 16.3. The van der Waals surface area contributed by atoms with Gasteiger partial charge in [-0.3, -0.25) is 4.68 Å². The van der Waals surface area contributed by atoms with Crippen molar-refractivity contribution in [1.29, 1.82) is 0 Å². The predicted molar refractivity (Wildman–Crippen MR) is 85.3 cm³/mol. The van der Waals surface area contributed by atoms with Crippen molar-refractivity contribution in [1.82, 2.24) is 14.8 Å². The van der Waals surface area contributed by atoms with E-state index in [4.69, 9.17) is 0 Å².